The highest BCUT2D eigenvalue weighted by Gasteiger charge is 2.20. The molecule has 1 N–H and O–H groups in total. The number of rotatable bonds is 8. The van der Waals surface area contributed by atoms with Crippen molar-refractivity contribution in [3.63, 3.8) is 0 Å². The molecule has 1 aliphatic heterocycles. The highest BCUT2D eigenvalue weighted by Crippen LogP contribution is 2.19. The van der Waals surface area contributed by atoms with Gasteiger partial charge >= 0.3 is 0 Å². The first-order valence-corrected chi connectivity index (χ1v) is 11.0. The van der Waals surface area contributed by atoms with Crippen LogP contribution < -0.4 is 5.32 Å². The van der Waals surface area contributed by atoms with Crippen LogP contribution in [0.4, 0.5) is 0 Å². The number of hydrogen-bond acceptors (Lipinski definition) is 5. The molecule has 2 heterocycles. The standard InChI is InChI=1S/C21H37N5O2/c1-22-21(23-11-6-7-16-27-20-8-4-2-3-5-9-20)26-14-12-25(13-15-26)18-19-10-17-28-24-19/h10,17,20H,2-9,11-16,18H2,1H3,(H,22,23). The smallest absolute Gasteiger partial charge is 0.193 e. The Hall–Kier alpha value is -1.60. The maximum Gasteiger partial charge on any atom is 0.193 e. The molecule has 2 fully saturated rings. The van der Waals surface area contributed by atoms with Crippen molar-refractivity contribution in [3.8, 4) is 0 Å². The molecule has 0 radical (unpaired) electrons. The van der Waals surface area contributed by atoms with Gasteiger partial charge in [0.2, 0.25) is 0 Å². The van der Waals surface area contributed by atoms with Crippen LogP contribution in [0.15, 0.2) is 21.8 Å². The molecule has 0 unspecified atom stereocenters. The summed E-state index contributed by atoms with van der Waals surface area (Å²) >= 11 is 0. The molecule has 2 aliphatic rings. The minimum absolute atomic E-state index is 0.511. The molecule has 28 heavy (non-hydrogen) atoms. The lowest BCUT2D eigenvalue weighted by atomic mass is 10.1. The maximum atomic E-state index is 6.08. The van der Waals surface area contributed by atoms with Crippen LogP contribution >= 0.6 is 0 Å². The molecule has 158 valence electrons. The largest absolute Gasteiger partial charge is 0.378 e. The predicted octanol–water partition coefficient (Wildman–Crippen LogP) is 2.89. The average molecular weight is 392 g/mol. The van der Waals surface area contributed by atoms with E-state index in [9.17, 15) is 0 Å². The second-order valence-electron chi connectivity index (χ2n) is 7.92. The van der Waals surface area contributed by atoms with E-state index in [0.717, 1.165) is 70.4 Å². The first-order valence-electron chi connectivity index (χ1n) is 11.0. The van der Waals surface area contributed by atoms with Gasteiger partial charge in [0.15, 0.2) is 5.96 Å². The molecule has 0 bridgehead atoms. The third-order valence-electron chi connectivity index (χ3n) is 5.77. The second-order valence-corrected chi connectivity index (χ2v) is 7.92. The van der Waals surface area contributed by atoms with Crippen molar-refractivity contribution in [2.24, 2.45) is 4.99 Å². The fraction of sp³-hybridized carbons (Fsp3) is 0.810. The number of ether oxygens (including phenoxy) is 1. The quantitative estimate of drug-likeness (QED) is 0.318. The number of unbranched alkanes of at least 4 members (excludes halogenated alkanes) is 1. The summed E-state index contributed by atoms with van der Waals surface area (Å²) in [6.45, 7) is 6.72. The molecule has 7 nitrogen and oxygen atoms in total. The summed E-state index contributed by atoms with van der Waals surface area (Å²) < 4.78 is 11.0. The average Bonchev–Trinajstić information content (AvgIpc) is 3.09. The molecule has 1 saturated carbocycles. The van der Waals surface area contributed by atoms with Gasteiger partial charge < -0.3 is 19.5 Å². The third-order valence-corrected chi connectivity index (χ3v) is 5.77. The summed E-state index contributed by atoms with van der Waals surface area (Å²) in [5.74, 6) is 1.02. The van der Waals surface area contributed by atoms with Gasteiger partial charge in [0.1, 0.15) is 6.26 Å². The van der Waals surface area contributed by atoms with Crippen molar-refractivity contribution in [1.29, 1.82) is 0 Å². The van der Waals surface area contributed by atoms with E-state index in [2.05, 4.69) is 25.3 Å². The first-order chi connectivity index (χ1) is 13.8. The third kappa shape index (κ3) is 7.09. The van der Waals surface area contributed by atoms with Crippen molar-refractivity contribution < 1.29 is 9.26 Å². The van der Waals surface area contributed by atoms with Crippen molar-refractivity contribution in [3.05, 3.63) is 18.0 Å². The van der Waals surface area contributed by atoms with Gasteiger partial charge in [0, 0.05) is 59.0 Å². The van der Waals surface area contributed by atoms with E-state index >= 15 is 0 Å². The number of nitrogens with zero attached hydrogens (tertiary/aromatic N) is 4. The van der Waals surface area contributed by atoms with Crippen LogP contribution in [-0.4, -0.2) is 73.4 Å². The highest BCUT2D eigenvalue weighted by atomic mass is 16.5. The SMILES string of the molecule is CN=C(NCCCCOC1CCCCCC1)N1CCN(Cc2ccon2)CC1. The van der Waals surface area contributed by atoms with Crippen LogP contribution in [0.5, 0.6) is 0 Å². The van der Waals surface area contributed by atoms with E-state index in [4.69, 9.17) is 9.26 Å². The summed E-state index contributed by atoms with van der Waals surface area (Å²) in [5.41, 5.74) is 1.00. The van der Waals surface area contributed by atoms with Gasteiger partial charge in [0.25, 0.3) is 0 Å². The lowest BCUT2D eigenvalue weighted by Gasteiger charge is -2.36. The first kappa shape index (κ1) is 21.1. The van der Waals surface area contributed by atoms with Crippen LogP contribution in [0.3, 0.4) is 0 Å². The Morgan fingerprint density at radius 1 is 1.18 bits per heavy atom. The summed E-state index contributed by atoms with van der Waals surface area (Å²) in [6, 6.07) is 1.94. The fourth-order valence-corrected chi connectivity index (χ4v) is 4.08. The topological polar surface area (TPSA) is 66.1 Å². The van der Waals surface area contributed by atoms with E-state index in [1.165, 1.54) is 38.5 Å². The van der Waals surface area contributed by atoms with Gasteiger partial charge in [-0.25, -0.2) is 0 Å². The Kier molecular flexibility index (Phi) is 9.10. The van der Waals surface area contributed by atoms with E-state index in [1.54, 1.807) is 6.26 Å². The number of aromatic nitrogens is 1. The number of guanidine groups is 1. The van der Waals surface area contributed by atoms with Crippen LogP contribution in [0.25, 0.3) is 0 Å². The minimum Gasteiger partial charge on any atom is -0.378 e. The molecule has 3 rings (SSSR count). The Bertz CT molecular complexity index is 547. The Morgan fingerprint density at radius 3 is 2.64 bits per heavy atom. The molecule has 7 heteroatoms. The lowest BCUT2D eigenvalue weighted by Crippen LogP contribution is -2.52. The molecule has 1 aliphatic carbocycles. The minimum atomic E-state index is 0.511. The zero-order valence-corrected chi connectivity index (χ0v) is 17.4. The Balaban J connectivity index is 1.25. The number of aliphatic imine (C=N–C) groups is 1. The molecule has 0 spiro atoms. The summed E-state index contributed by atoms with van der Waals surface area (Å²) in [5, 5.41) is 7.53. The summed E-state index contributed by atoms with van der Waals surface area (Å²) in [6.07, 6.45) is 12.4. The van der Waals surface area contributed by atoms with Gasteiger partial charge in [-0.15, -0.1) is 0 Å². The van der Waals surface area contributed by atoms with Crippen molar-refractivity contribution in [1.82, 2.24) is 20.3 Å². The van der Waals surface area contributed by atoms with Crippen LogP contribution in [-0.2, 0) is 11.3 Å². The van der Waals surface area contributed by atoms with Crippen molar-refractivity contribution in [2.45, 2.75) is 64.0 Å². The van der Waals surface area contributed by atoms with Gasteiger partial charge in [0.05, 0.1) is 11.8 Å². The maximum absolute atomic E-state index is 6.08. The monoisotopic (exact) mass is 391 g/mol. The Labute approximate surface area is 169 Å². The Morgan fingerprint density at radius 2 is 1.96 bits per heavy atom. The van der Waals surface area contributed by atoms with Gasteiger partial charge in [-0.1, -0.05) is 30.8 Å². The molecule has 1 saturated heterocycles. The van der Waals surface area contributed by atoms with Gasteiger partial charge in [-0.2, -0.15) is 0 Å². The van der Waals surface area contributed by atoms with Gasteiger partial charge in [-0.05, 0) is 25.7 Å². The van der Waals surface area contributed by atoms with E-state index in [-0.39, 0.29) is 0 Å². The lowest BCUT2D eigenvalue weighted by molar-refractivity contribution is 0.0411. The molecule has 0 atom stereocenters. The van der Waals surface area contributed by atoms with E-state index in [0.29, 0.717) is 6.10 Å². The van der Waals surface area contributed by atoms with E-state index < -0.39 is 0 Å². The van der Waals surface area contributed by atoms with Crippen molar-refractivity contribution in [2.75, 3.05) is 46.4 Å². The molecule has 1 aromatic rings. The summed E-state index contributed by atoms with van der Waals surface area (Å²) in [7, 11) is 1.87. The fourth-order valence-electron chi connectivity index (χ4n) is 4.08. The highest BCUT2D eigenvalue weighted by molar-refractivity contribution is 5.79. The van der Waals surface area contributed by atoms with Gasteiger partial charge in [-0.3, -0.25) is 9.89 Å². The molecule has 0 amide bonds. The zero-order valence-electron chi connectivity index (χ0n) is 17.4. The number of nitrogens with one attached hydrogen (secondary N) is 1. The number of hydrogen-bond donors (Lipinski definition) is 1. The molecule has 0 aromatic carbocycles. The number of piperazine rings is 1. The van der Waals surface area contributed by atoms with Crippen LogP contribution in [0, 0.1) is 0 Å². The van der Waals surface area contributed by atoms with E-state index in [1.807, 2.05) is 13.1 Å². The summed E-state index contributed by atoms with van der Waals surface area (Å²) in [4.78, 5) is 9.23. The van der Waals surface area contributed by atoms with Crippen LogP contribution in [0.1, 0.15) is 57.1 Å². The molecule has 1 aromatic heterocycles. The predicted molar refractivity (Wildman–Crippen MR) is 111 cm³/mol. The molecular formula is C21H37N5O2. The normalized spacial score (nSPS) is 20.3. The van der Waals surface area contributed by atoms with Crippen molar-refractivity contribution >= 4 is 5.96 Å². The second kappa shape index (κ2) is 12.1. The zero-order chi connectivity index (χ0) is 19.4. The molecular weight excluding hydrogens is 354 g/mol. The van der Waals surface area contributed by atoms with Crippen LogP contribution in [0.2, 0.25) is 0 Å².